The Morgan fingerprint density at radius 2 is 1.46 bits per heavy atom. The van der Waals surface area contributed by atoms with E-state index < -0.39 is 28.5 Å². The number of benzene rings is 3. The van der Waals surface area contributed by atoms with Crippen LogP contribution < -0.4 is 9.62 Å². The summed E-state index contributed by atoms with van der Waals surface area (Å²) < 4.78 is 26.6. The lowest BCUT2D eigenvalue weighted by Crippen LogP contribution is -2.53. The van der Waals surface area contributed by atoms with Gasteiger partial charge in [0.1, 0.15) is 12.6 Å². The van der Waals surface area contributed by atoms with E-state index in [1.165, 1.54) is 4.90 Å². The van der Waals surface area contributed by atoms with Crippen LogP contribution in [0.5, 0.6) is 0 Å². The molecule has 1 N–H and O–H groups in total. The molecule has 0 spiro atoms. The van der Waals surface area contributed by atoms with Crippen molar-refractivity contribution in [3.05, 3.63) is 100 Å². The van der Waals surface area contributed by atoms with E-state index in [4.69, 9.17) is 23.2 Å². The van der Waals surface area contributed by atoms with Gasteiger partial charge in [0.15, 0.2) is 0 Å². The summed E-state index contributed by atoms with van der Waals surface area (Å²) in [5.74, 6) is -0.816. The van der Waals surface area contributed by atoms with Crippen molar-refractivity contribution in [1.29, 1.82) is 0 Å². The summed E-state index contributed by atoms with van der Waals surface area (Å²) in [5, 5.41) is 3.94. The number of hydrogen-bond acceptors (Lipinski definition) is 4. The molecule has 0 fully saturated rings. The molecule has 39 heavy (non-hydrogen) atoms. The third kappa shape index (κ3) is 9.27. The standard InChI is InChI=1S/C29H33Cl2N3O4S/c1-3-4-18-32-29(36)27(19-22-8-6-5-7-9-22)33(20-23-10-12-24(30)13-11-23)28(35)21-34(39(2,37)38)26-16-14-25(31)15-17-26/h5-17,27H,3-4,18-21H2,1-2H3,(H,32,36). The van der Waals surface area contributed by atoms with Crippen LogP contribution >= 0.6 is 23.2 Å². The summed E-state index contributed by atoms with van der Waals surface area (Å²) in [4.78, 5) is 28.9. The Morgan fingerprint density at radius 1 is 0.872 bits per heavy atom. The Balaban J connectivity index is 2.01. The molecule has 10 heteroatoms. The zero-order valence-corrected chi connectivity index (χ0v) is 24.3. The SMILES string of the molecule is CCCCNC(=O)C(Cc1ccccc1)N(Cc1ccc(Cl)cc1)C(=O)CN(c1ccc(Cl)cc1)S(C)(=O)=O. The Kier molecular flexibility index (Phi) is 11.2. The third-order valence-electron chi connectivity index (χ3n) is 6.16. The highest BCUT2D eigenvalue weighted by Gasteiger charge is 2.33. The molecule has 1 atom stereocenters. The number of amides is 2. The Labute approximate surface area is 240 Å². The van der Waals surface area contributed by atoms with Crippen molar-refractivity contribution < 1.29 is 18.0 Å². The van der Waals surface area contributed by atoms with Crippen molar-refractivity contribution in [1.82, 2.24) is 10.2 Å². The van der Waals surface area contributed by atoms with Gasteiger partial charge in [-0.2, -0.15) is 0 Å². The first-order valence-corrected chi connectivity index (χ1v) is 15.3. The van der Waals surface area contributed by atoms with E-state index in [0.29, 0.717) is 22.3 Å². The van der Waals surface area contributed by atoms with Crippen LogP contribution in [0.15, 0.2) is 78.9 Å². The predicted molar refractivity (Wildman–Crippen MR) is 157 cm³/mol. The van der Waals surface area contributed by atoms with Crippen LogP contribution in [0.1, 0.15) is 30.9 Å². The maximum atomic E-state index is 14.0. The molecule has 3 aromatic rings. The molecule has 0 heterocycles. The number of hydrogen-bond donors (Lipinski definition) is 1. The number of anilines is 1. The Bertz CT molecular complexity index is 1340. The molecule has 7 nitrogen and oxygen atoms in total. The van der Waals surface area contributed by atoms with Crippen LogP contribution in [-0.2, 0) is 32.6 Å². The second-order valence-corrected chi connectivity index (χ2v) is 12.0. The van der Waals surface area contributed by atoms with Crippen LogP contribution in [0.3, 0.4) is 0 Å². The van der Waals surface area contributed by atoms with Gasteiger partial charge in [0, 0.05) is 29.6 Å². The van der Waals surface area contributed by atoms with Crippen molar-refractivity contribution in [2.75, 3.05) is 23.7 Å². The normalized spacial score (nSPS) is 12.0. The quantitative estimate of drug-likeness (QED) is 0.273. The minimum Gasteiger partial charge on any atom is -0.354 e. The summed E-state index contributed by atoms with van der Waals surface area (Å²) in [6.07, 6.45) is 3.00. The molecule has 0 bridgehead atoms. The maximum Gasteiger partial charge on any atom is 0.244 e. The van der Waals surface area contributed by atoms with Gasteiger partial charge < -0.3 is 10.2 Å². The monoisotopic (exact) mass is 589 g/mol. The molecule has 0 radical (unpaired) electrons. The van der Waals surface area contributed by atoms with Crippen molar-refractivity contribution >= 4 is 50.7 Å². The molecule has 2 amide bonds. The molecule has 3 aromatic carbocycles. The molecule has 208 valence electrons. The van der Waals surface area contributed by atoms with E-state index in [-0.39, 0.29) is 18.9 Å². The molecular weight excluding hydrogens is 557 g/mol. The summed E-state index contributed by atoms with van der Waals surface area (Å²) >= 11 is 12.1. The first-order chi connectivity index (χ1) is 18.6. The van der Waals surface area contributed by atoms with Crippen LogP contribution in [0.2, 0.25) is 10.0 Å². The summed E-state index contributed by atoms with van der Waals surface area (Å²) in [6, 6.07) is 21.7. The van der Waals surface area contributed by atoms with E-state index in [1.54, 1.807) is 48.5 Å². The molecule has 1 unspecified atom stereocenters. The van der Waals surface area contributed by atoms with Crippen molar-refractivity contribution in [3.63, 3.8) is 0 Å². The zero-order chi connectivity index (χ0) is 28.4. The van der Waals surface area contributed by atoms with Gasteiger partial charge in [-0.15, -0.1) is 0 Å². The Morgan fingerprint density at radius 3 is 2.03 bits per heavy atom. The van der Waals surface area contributed by atoms with E-state index in [2.05, 4.69) is 5.32 Å². The number of unbranched alkanes of at least 4 members (excludes halogenated alkanes) is 1. The molecule has 0 aliphatic heterocycles. The van der Waals surface area contributed by atoms with Crippen molar-refractivity contribution in [3.8, 4) is 0 Å². The van der Waals surface area contributed by atoms with Gasteiger partial charge in [0.25, 0.3) is 0 Å². The fourth-order valence-electron chi connectivity index (χ4n) is 4.07. The molecule has 0 saturated carbocycles. The largest absolute Gasteiger partial charge is 0.354 e. The summed E-state index contributed by atoms with van der Waals surface area (Å²) in [7, 11) is -3.84. The van der Waals surface area contributed by atoms with Gasteiger partial charge in [-0.1, -0.05) is 79.0 Å². The average molecular weight is 591 g/mol. The number of nitrogens with one attached hydrogen (secondary N) is 1. The van der Waals surface area contributed by atoms with E-state index in [1.807, 2.05) is 37.3 Å². The van der Waals surface area contributed by atoms with E-state index in [0.717, 1.165) is 34.5 Å². The van der Waals surface area contributed by atoms with Crippen LogP contribution in [0.4, 0.5) is 5.69 Å². The zero-order valence-electron chi connectivity index (χ0n) is 22.0. The first-order valence-electron chi connectivity index (χ1n) is 12.7. The smallest absolute Gasteiger partial charge is 0.244 e. The van der Waals surface area contributed by atoms with Gasteiger partial charge in [-0.3, -0.25) is 13.9 Å². The van der Waals surface area contributed by atoms with E-state index in [9.17, 15) is 18.0 Å². The summed E-state index contributed by atoms with van der Waals surface area (Å²) in [5.41, 5.74) is 1.93. The second kappa shape index (κ2) is 14.4. The molecule has 3 rings (SSSR count). The number of sulfonamides is 1. The molecule has 0 aliphatic carbocycles. The minimum absolute atomic E-state index is 0.0902. The molecular formula is C29H33Cl2N3O4S. The topological polar surface area (TPSA) is 86.8 Å². The lowest BCUT2D eigenvalue weighted by Gasteiger charge is -2.33. The van der Waals surface area contributed by atoms with Crippen LogP contribution in [0.25, 0.3) is 0 Å². The van der Waals surface area contributed by atoms with Crippen LogP contribution in [0, 0.1) is 0 Å². The van der Waals surface area contributed by atoms with Gasteiger partial charge in [0.2, 0.25) is 21.8 Å². The fourth-order valence-corrected chi connectivity index (χ4v) is 5.17. The van der Waals surface area contributed by atoms with Gasteiger partial charge >= 0.3 is 0 Å². The number of carbonyl (C=O) groups is 2. The highest BCUT2D eigenvalue weighted by Crippen LogP contribution is 2.22. The highest BCUT2D eigenvalue weighted by atomic mass is 35.5. The molecule has 0 saturated heterocycles. The first kappa shape index (κ1) is 30.5. The van der Waals surface area contributed by atoms with Gasteiger partial charge in [0.05, 0.1) is 11.9 Å². The number of halogens is 2. The van der Waals surface area contributed by atoms with Gasteiger partial charge in [-0.25, -0.2) is 8.42 Å². The number of rotatable bonds is 13. The fraction of sp³-hybridized carbons (Fsp3) is 0.310. The highest BCUT2D eigenvalue weighted by molar-refractivity contribution is 7.92. The van der Waals surface area contributed by atoms with Gasteiger partial charge in [-0.05, 0) is 53.9 Å². The van der Waals surface area contributed by atoms with Crippen molar-refractivity contribution in [2.45, 2.75) is 38.8 Å². The molecule has 0 aromatic heterocycles. The lowest BCUT2D eigenvalue weighted by atomic mass is 10.0. The van der Waals surface area contributed by atoms with E-state index >= 15 is 0 Å². The van der Waals surface area contributed by atoms with Crippen LogP contribution in [-0.4, -0.2) is 50.5 Å². The third-order valence-corrected chi connectivity index (χ3v) is 7.81. The minimum atomic E-state index is -3.84. The predicted octanol–water partition coefficient (Wildman–Crippen LogP) is 5.32. The molecule has 0 aliphatic rings. The van der Waals surface area contributed by atoms with Crippen molar-refractivity contribution in [2.24, 2.45) is 0 Å². The Hall–Kier alpha value is -3.07. The number of carbonyl (C=O) groups excluding carboxylic acids is 2. The maximum absolute atomic E-state index is 14.0. The lowest BCUT2D eigenvalue weighted by molar-refractivity contribution is -0.140. The number of nitrogens with zero attached hydrogens (tertiary/aromatic N) is 2. The average Bonchev–Trinajstić information content (AvgIpc) is 2.91. The second-order valence-electron chi connectivity index (χ2n) is 9.24. The summed E-state index contributed by atoms with van der Waals surface area (Å²) in [6.45, 7) is 2.11.